The molecule has 5 rings (SSSR count). The van der Waals surface area contributed by atoms with E-state index in [0.29, 0.717) is 18.3 Å². The summed E-state index contributed by atoms with van der Waals surface area (Å²) in [5, 5.41) is 18.1. The van der Waals surface area contributed by atoms with Gasteiger partial charge in [-0.05, 0) is 32.0 Å². The van der Waals surface area contributed by atoms with Gasteiger partial charge in [0.15, 0.2) is 17.2 Å². The maximum Gasteiger partial charge on any atom is 0.266 e. The molecule has 0 saturated carbocycles. The topological polar surface area (TPSA) is 94.9 Å². The van der Waals surface area contributed by atoms with Crippen molar-refractivity contribution in [1.29, 1.82) is 0 Å². The number of nitrogens with zero attached hydrogens (tertiary/aromatic N) is 7. The van der Waals surface area contributed by atoms with Crippen molar-refractivity contribution in [3.8, 4) is 5.82 Å². The van der Waals surface area contributed by atoms with Crippen LogP contribution in [0.2, 0.25) is 0 Å². The van der Waals surface area contributed by atoms with Gasteiger partial charge in [0.1, 0.15) is 0 Å². The molecule has 0 atom stereocenters. The minimum absolute atomic E-state index is 0.114. The first kappa shape index (κ1) is 16.7. The molecule has 0 bridgehead atoms. The SMILES string of the molecule is Cc1cc(C)n(-c2ccc(=O)n(CC3CN(c4nncc5ccoc45)C3)n2)n1. The second kappa shape index (κ2) is 6.29. The first-order chi connectivity index (χ1) is 13.6. The maximum atomic E-state index is 12.3. The lowest BCUT2D eigenvalue weighted by atomic mass is 10.0. The van der Waals surface area contributed by atoms with Crippen LogP contribution in [0.1, 0.15) is 11.4 Å². The molecule has 0 aromatic carbocycles. The highest BCUT2D eigenvalue weighted by atomic mass is 16.3. The summed E-state index contributed by atoms with van der Waals surface area (Å²) in [6, 6.07) is 7.11. The number of anilines is 1. The molecule has 28 heavy (non-hydrogen) atoms. The Morgan fingerprint density at radius 3 is 2.82 bits per heavy atom. The van der Waals surface area contributed by atoms with Crippen molar-refractivity contribution in [1.82, 2.24) is 29.8 Å². The Bertz CT molecular complexity index is 1220. The molecule has 0 radical (unpaired) electrons. The largest absolute Gasteiger partial charge is 0.460 e. The Kier molecular flexibility index (Phi) is 3.75. The highest BCUT2D eigenvalue weighted by Crippen LogP contribution is 2.30. The molecule has 0 aliphatic carbocycles. The number of aryl methyl sites for hydroxylation is 2. The van der Waals surface area contributed by atoms with Gasteiger partial charge in [0.25, 0.3) is 5.56 Å². The summed E-state index contributed by atoms with van der Waals surface area (Å²) in [5.41, 5.74) is 2.53. The van der Waals surface area contributed by atoms with Crippen LogP contribution in [0.15, 0.2) is 45.9 Å². The summed E-state index contributed by atoms with van der Waals surface area (Å²) in [7, 11) is 0. The zero-order valence-electron chi connectivity index (χ0n) is 15.6. The van der Waals surface area contributed by atoms with Crippen LogP contribution >= 0.6 is 0 Å². The standard InChI is InChI=1S/C19H19N7O2/c1-12-7-13(2)26(22-12)16-3-4-17(27)25(23-16)11-14-9-24(10-14)19-18-15(5-6-28-18)8-20-21-19/h3-8,14H,9-11H2,1-2H3. The molecule has 1 saturated heterocycles. The number of rotatable bonds is 4. The minimum Gasteiger partial charge on any atom is -0.460 e. The summed E-state index contributed by atoms with van der Waals surface area (Å²) in [6.45, 7) is 5.99. The fourth-order valence-corrected chi connectivity index (χ4v) is 3.65. The Balaban J connectivity index is 1.34. The number of furan rings is 1. The fraction of sp³-hybridized carbons (Fsp3) is 0.316. The lowest BCUT2D eigenvalue weighted by molar-refractivity contribution is 0.331. The van der Waals surface area contributed by atoms with Crippen molar-refractivity contribution in [2.45, 2.75) is 20.4 Å². The van der Waals surface area contributed by atoms with Crippen molar-refractivity contribution in [2.75, 3.05) is 18.0 Å². The van der Waals surface area contributed by atoms with Gasteiger partial charge in [0.2, 0.25) is 0 Å². The van der Waals surface area contributed by atoms with Crippen molar-refractivity contribution < 1.29 is 4.42 Å². The van der Waals surface area contributed by atoms with Crippen LogP contribution in [0.3, 0.4) is 0 Å². The van der Waals surface area contributed by atoms with Crippen molar-refractivity contribution in [2.24, 2.45) is 5.92 Å². The predicted molar refractivity (Wildman–Crippen MR) is 103 cm³/mol. The second-order valence-corrected chi connectivity index (χ2v) is 7.20. The molecule has 0 amide bonds. The van der Waals surface area contributed by atoms with Crippen LogP contribution < -0.4 is 10.5 Å². The van der Waals surface area contributed by atoms with E-state index in [1.54, 1.807) is 29.3 Å². The van der Waals surface area contributed by atoms with Gasteiger partial charge in [-0.15, -0.1) is 10.2 Å². The maximum absolute atomic E-state index is 12.3. The van der Waals surface area contributed by atoms with E-state index < -0.39 is 0 Å². The molecule has 0 spiro atoms. The monoisotopic (exact) mass is 377 g/mol. The van der Waals surface area contributed by atoms with Crippen molar-refractivity contribution >= 4 is 16.8 Å². The van der Waals surface area contributed by atoms with Crippen molar-refractivity contribution in [3.05, 3.63) is 58.5 Å². The van der Waals surface area contributed by atoms with Gasteiger partial charge in [0, 0.05) is 36.2 Å². The zero-order valence-corrected chi connectivity index (χ0v) is 15.6. The van der Waals surface area contributed by atoms with E-state index in [4.69, 9.17) is 4.42 Å². The third kappa shape index (κ3) is 2.75. The van der Waals surface area contributed by atoms with Gasteiger partial charge in [-0.3, -0.25) is 4.79 Å². The van der Waals surface area contributed by atoms with Gasteiger partial charge < -0.3 is 9.32 Å². The molecule has 4 aromatic rings. The van der Waals surface area contributed by atoms with Crippen LogP contribution in [0.25, 0.3) is 16.8 Å². The molecule has 0 N–H and O–H groups in total. The summed E-state index contributed by atoms with van der Waals surface area (Å²) in [4.78, 5) is 14.4. The smallest absolute Gasteiger partial charge is 0.266 e. The van der Waals surface area contributed by atoms with Crippen LogP contribution in [-0.4, -0.2) is 42.8 Å². The first-order valence-corrected chi connectivity index (χ1v) is 9.14. The zero-order chi connectivity index (χ0) is 19.3. The Morgan fingerprint density at radius 1 is 1.18 bits per heavy atom. The molecule has 1 aliphatic heterocycles. The normalized spacial score (nSPS) is 14.6. The predicted octanol–water partition coefficient (Wildman–Crippen LogP) is 1.72. The molecular weight excluding hydrogens is 358 g/mol. The number of hydrogen-bond acceptors (Lipinski definition) is 7. The molecule has 1 fully saturated rings. The van der Waals surface area contributed by atoms with Crippen LogP contribution in [0.5, 0.6) is 0 Å². The number of fused-ring (bicyclic) bond motifs is 1. The lowest BCUT2D eigenvalue weighted by Crippen LogP contribution is -2.50. The third-order valence-electron chi connectivity index (χ3n) is 5.02. The molecule has 0 unspecified atom stereocenters. The van der Waals surface area contributed by atoms with Gasteiger partial charge in [0.05, 0.1) is 24.7 Å². The van der Waals surface area contributed by atoms with Crippen LogP contribution in [0.4, 0.5) is 5.82 Å². The van der Waals surface area contributed by atoms with E-state index >= 15 is 0 Å². The van der Waals surface area contributed by atoms with E-state index in [-0.39, 0.29) is 5.56 Å². The second-order valence-electron chi connectivity index (χ2n) is 7.20. The molecule has 9 nitrogen and oxygen atoms in total. The van der Waals surface area contributed by atoms with Gasteiger partial charge >= 0.3 is 0 Å². The fourth-order valence-electron chi connectivity index (χ4n) is 3.65. The average molecular weight is 377 g/mol. The Labute approximate surface area is 160 Å². The molecular formula is C19H19N7O2. The van der Waals surface area contributed by atoms with E-state index in [2.05, 4.69) is 25.3 Å². The summed E-state index contributed by atoms with van der Waals surface area (Å²) >= 11 is 0. The molecule has 5 heterocycles. The Hall–Kier alpha value is -3.49. The number of aromatic nitrogens is 6. The first-order valence-electron chi connectivity index (χ1n) is 9.14. The van der Waals surface area contributed by atoms with Gasteiger partial charge in [-0.2, -0.15) is 10.2 Å². The van der Waals surface area contributed by atoms with Gasteiger partial charge in [-0.25, -0.2) is 9.36 Å². The summed E-state index contributed by atoms with van der Waals surface area (Å²) in [5.74, 6) is 1.69. The molecule has 4 aromatic heterocycles. The van der Waals surface area contributed by atoms with E-state index in [9.17, 15) is 4.79 Å². The average Bonchev–Trinajstić information content (AvgIpc) is 3.25. The molecule has 9 heteroatoms. The van der Waals surface area contributed by atoms with E-state index in [1.807, 2.05) is 26.0 Å². The summed E-state index contributed by atoms with van der Waals surface area (Å²) < 4.78 is 8.81. The molecule has 1 aliphatic rings. The third-order valence-corrected chi connectivity index (χ3v) is 5.02. The van der Waals surface area contributed by atoms with E-state index in [0.717, 1.165) is 41.3 Å². The van der Waals surface area contributed by atoms with Crippen molar-refractivity contribution in [3.63, 3.8) is 0 Å². The lowest BCUT2D eigenvalue weighted by Gasteiger charge is -2.39. The highest BCUT2D eigenvalue weighted by molar-refractivity contribution is 5.86. The van der Waals surface area contributed by atoms with Crippen LogP contribution in [-0.2, 0) is 6.54 Å². The quantitative estimate of drug-likeness (QED) is 0.534. The summed E-state index contributed by atoms with van der Waals surface area (Å²) in [6.07, 6.45) is 3.33. The highest BCUT2D eigenvalue weighted by Gasteiger charge is 2.31. The van der Waals surface area contributed by atoms with E-state index in [1.165, 1.54) is 4.68 Å². The van der Waals surface area contributed by atoms with Crippen LogP contribution in [0, 0.1) is 19.8 Å². The van der Waals surface area contributed by atoms with Gasteiger partial charge in [-0.1, -0.05) is 0 Å². The Morgan fingerprint density at radius 2 is 2.04 bits per heavy atom. The minimum atomic E-state index is -0.114. The number of hydrogen-bond donors (Lipinski definition) is 0. The molecule has 142 valence electrons.